The van der Waals surface area contributed by atoms with Gasteiger partial charge in [0.2, 0.25) is 5.91 Å². The van der Waals surface area contributed by atoms with Crippen LogP contribution < -0.4 is 14.8 Å². The number of carbonyl (C=O) groups is 2. The van der Waals surface area contributed by atoms with E-state index in [9.17, 15) is 14.7 Å². The lowest BCUT2D eigenvalue weighted by molar-refractivity contribution is -0.142. The zero-order valence-corrected chi connectivity index (χ0v) is 14.4. The molecule has 0 spiro atoms. The molecule has 136 valence electrons. The number of anilines is 1. The number of nitrogens with one attached hydrogen (secondary N) is 1. The van der Waals surface area contributed by atoms with Crippen molar-refractivity contribution in [3.8, 4) is 17.2 Å². The lowest BCUT2D eigenvalue weighted by Gasteiger charge is -2.28. The minimum atomic E-state index is -0.496. The third kappa shape index (κ3) is 3.42. The number of phenols is 1. The van der Waals surface area contributed by atoms with E-state index in [2.05, 4.69) is 10.1 Å². The van der Waals surface area contributed by atoms with Gasteiger partial charge in [-0.05, 0) is 17.7 Å². The summed E-state index contributed by atoms with van der Waals surface area (Å²) in [5.41, 5.74) is 2.07. The first kappa shape index (κ1) is 17.6. The number of hydrogen-bond acceptors (Lipinski definition) is 6. The maximum atomic E-state index is 12.2. The molecule has 0 aromatic heterocycles. The average Bonchev–Trinajstić information content (AvgIpc) is 2.65. The monoisotopic (exact) mass is 357 g/mol. The molecule has 1 atom stereocenters. The molecule has 0 bridgehead atoms. The molecular weight excluding hydrogens is 338 g/mol. The standard InChI is InChI=1S/C19H19NO6/c1-24-17-9-14-13(7-15(17)21)12(8-18(22)20-14)11-5-3-4-6-16(11)26-10-19(23)25-2/h3-7,9,12,21H,8,10H2,1-2H3,(H,20,22)/t12-/m0/s1. The number of methoxy groups -OCH3 is 2. The zero-order valence-electron chi connectivity index (χ0n) is 14.4. The van der Waals surface area contributed by atoms with Crippen LogP contribution in [-0.4, -0.2) is 37.8 Å². The van der Waals surface area contributed by atoms with Gasteiger partial charge in [0.1, 0.15) is 5.75 Å². The molecule has 0 unspecified atom stereocenters. The fourth-order valence-electron chi connectivity index (χ4n) is 3.01. The van der Waals surface area contributed by atoms with Crippen molar-refractivity contribution in [1.82, 2.24) is 0 Å². The van der Waals surface area contributed by atoms with Gasteiger partial charge in [-0.25, -0.2) is 4.79 Å². The molecule has 0 fully saturated rings. The number of carbonyl (C=O) groups excluding carboxylic acids is 2. The summed E-state index contributed by atoms with van der Waals surface area (Å²) in [6.07, 6.45) is 0.192. The summed E-state index contributed by atoms with van der Waals surface area (Å²) in [6.45, 7) is -0.229. The minimum absolute atomic E-state index is 0.0136. The van der Waals surface area contributed by atoms with Crippen LogP contribution in [0.2, 0.25) is 0 Å². The maximum absolute atomic E-state index is 12.2. The first-order valence-electron chi connectivity index (χ1n) is 8.02. The molecule has 7 nitrogen and oxygen atoms in total. The van der Waals surface area contributed by atoms with Crippen LogP contribution in [0.3, 0.4) is 0 Å². The highest BCUT2D eigenvalue weighted by Crippen LogP contribution is 2.44. The number of amides is 1. The van der Waals surface area contributed by atoms with E-state index in [1.54, 1.807) is 24.3 Å². The SMILES string of the molecule is COC(=O)COc1ccccc1[C@@H]1CC(=O)Nc2cc(OC)c(O)cc21. The van der Waals surface area contributed by atoms with Crippen molar-refractivity contribution >= 4 is 17.6 Å². The van der Waals surface area contributed by atoms with Crippen LogP contribution >= 0.6 is 0 Å². The first-order valence-corrected chi connectivity index (χ1v) is 8.02. The van der Waals surface area contributed by atoms with E-state index in [1.165, 1.54) is 14.2 Å². The normalized spacial score (nSPS) is 15.6. The van der Waals surface area contributed by atoms with Gasteiger partial charge in [-0.3, -0.25) is 4.79 Å². The number of esters is 1. The van der Waals surface area contributed by atoms with E-state index < -0.39 is 5.97 Å². The number of rotatable bonds is 5. The molecule has 1 amide bonds. The summed E-state index contributed by atoms with van der Waals surface area (Å²) >= 11 is 0. The van der Waals surface area contributed by atoms with Crippen molar-refractivity contribution in [2.75, 3.05) is 26.1 Å². The number of phenolic OH excluding ortho intramolecular Hbond substituents is 1. The summed E-state index contributed by atoms with van der Waals surface area (Å²) in [7, 11) is 2.73. The zero-order chi connectivity index (χ0) is 18.7. The van der Waals surface area contributed by atoms with Crippen LogP contribution in [0.5, 0.6) is 17.2 Å². The fourth-order valence-corrected chi connectivity index (χ4v) is 3.01. The van der Waals surface area contributed by atoms with Gasteiger partial charge in [0.25, 0.3) is 0 Å². The van der Waals surface area contributed by atoms with Gasteiger partial charge in [-0.1, -0.05) is 18.2 Å². The van der Waals surface area contributed by atoms with Gasteiger partial charge < -0.3 is 24.6 Å². The molecule has 1 heterocycles. The smallest absolute Gasteiger partial charge is 0.343 e. The van der Waals surface area contributed by atoms with Crippen LogP contribution in [0.1, 0.15) is 23.5 Å². The fraction of sp³-hybridized carbons (Fsp3) is 0.263. The molecule has 3 rings (SSSR count). The van der Waals surface area contributed by atoms with Gasteiger partial charge in [0.05, 0.1) is 14.2 Å². The quantitative estimate of drug-likeness (QED) is 0.630. The van der Waals surface area contributed by atoms with Crippen LogP contribution in [0, 0.1) is 0 Å². The van der Waals surface area contributed by atoms with Crippen molar-refractivity contribution < 1.29 is 28.9 Å². The summed E-state index contributed by atoms with van der Waals surface area (Å²) in [5.74, 6) is -0.231. The predicted octanol–water partition coefficient (Wildman–Crippen LogP) is 2.43. The molecular formula is C19H19NO6. The van der Waals surface area contributed by atoms with E-state index in [0.717, 1.165) is 11.1 Å². The van der Waals surface area contributed by atoms with Crippen molar-refractivity contribution in [1.29, 1.82) is 0 Å². The van der Waals surface area contributed by atoms with Crippen LogP contribution in [0.25, 0.3) is 0 Å². The molecule has 2 aromatic rings. The third-order valence-electron chi connectivity index (χ3n) is 4.26. The van der Waals surface area contributed by atoms with E-state index in [0.29, 0.717) is 11.4 Å². The molecule has 0 saturated carbocycles. The van der Waals surface area contributed by atoms with E-state index in [-0.39, 0.29) is 36.4 Å². The largest absolute Gasteiger partial charge is 0.504 e. The van der Waals surface area contributed by atoms with Crippen LogP contribution in [-0.2, 0) is 14.3 Å². The Balaban J connectivity index is 2.02. The van der Waals surface area contributed by atoms with Gasteiger partial charge in [0.15, 0.2) is 18.1 Å². The van der Waals surface area contributed by atoms with E-state index >= 15 is 0 Å². The lowest BCUT2D eigenvalue weighted by atomic mass is 9.84. The Morgan fingerprint density at radius 2 is 1.96 bits per heavy atom. The van der Waals surface area contributed by atoms with Crippen molar-refractivity contribution in [3.63, 3.8) is 0 Å². The predicted molar refractivity (Wildman–Crippen MR) is 93.7 cm³/mol. The highest BCUT2D eigenvalue weighted by Gasteiger charge is 2.30. The first-order chi connectivity index (χ1) is 12.5. The molecule has 0 aliphatic carbocycles. The molecule has 1 aliphatic heterocycles. The van der Waals surface area contributed by atoms with Gasteiger partial charge >= 0.3 is 5.97 Å². The molecule has 0 radical (unpaired) electrons. The molecule has 7 heteroatoms. The molecule has 2 N–H and O–H groups in total. The summed E-state index contributed by atoms with van der Waals surface area (Å²) in [4.78, 5) is 23.6. The molecule has 2 aromatic carbocycles. The molecule has 1 aliphatic rings. The van der Waals surface area contributed by atoms with Crippen molar-refractivity contribution in [2.24, 2.45) is 0 Å². The minimum Gasteiger partial charge on any atom is -0.504 e. The highest BCUT2D eigenvalue weighted by molar-refractivity contribution is 5.96. The Morgan fingerprint density at radius 3 is 2.69 bits per heavy atom. The Hall–Kier alpha value is -3.22. The summed E-state index contributed by atoms with van der Waals surface area (Å²) in [6, 6.07) is 10.3. The van der Waals surface area contributed by atoms with E-state index in [1.807, 2.05) is 12.1 Å². The Labute approximate surface area is 150 Å². The molecule has 26 heavy (non-hydrogen) atoms. The topological polar surface area (TPSA) is 94.1 Å². The highest BCUT2D eigenvalue weighted by atomic mass is 16.6. The number of benzene rings is 2. The number of aromatic hydroxyl groups is 1. The third-order valence-corrected chi connectivity index (χ3v) is 4.26. The molecule has 0 saturated heterocycles. The number of hydrogen-bond donors (Lipinski definition) is 2. The summed E-state index contributed by atoms with van der Waals surface area (Å²) in [5, 5.41) is 12.9. The maximum Gasteiger partial charge on any atom is 0.343 e. The summed E-state index contributed by atoms with van der Waals surface area (Å²) < 4.78 is 15.3. The Morgan fingerprint density at radius 1 is 1.19 bits per heavy atom. The second-order valence-electron chi connectivity index (χ2n) is 5.82. The van der Waals surface area contributed by atoms with Crippen LogP contribution in [0.4, 0.5) is 5.69 Å². The van der Waals surface area contributed by atoms with Crippen molar-refractivity contribution in [2.45, 2.75) is 12.3 Å². The Kier molecular flexibility index (Phi) is 4.97. The number of ether oxygens (including phenoxy) is 3. The van der Waals surface area contributed by atoms with Crippen molar-refractivity contribution in [3.05, 3.63) is 47.5 Å². The van der Waals surface area contributed by atoms with Gasteiger partial charge in [0, 0.05) is 29.7 Å². The lowest BCUT2D eigenvalue weighted by Crippen LogP contribution is -2.24. The van der Waals surface area contributed by atoms with Crippen LogP contribution in [0.15, 0.2) is 36.4 Å². The van der Waals surface area contributed by atoms with Gasteiger partial charge in [-0.15, -0.1) is 0 Å². The number of fused-ring (bicyclic) bond motifs is 1. The number of para-hydroxylation sites is 1. The van der Waals surface area contributed by atoms with Gasteiger partial charge in [-0.2, -0.15) is 0 Å². The second-order valence-corrected chi connectivity index (χ2v) is 5.82. The second kappa shape index (κ2) is 7.35. The van der Waals surface area contributed by atoms with E-state index in [4.69, 9.17) is 9.47 Å². The average molecular weight is 357 g/mol. The Bertz CT molecular complexity index is 848.